The lowest BCUT2D eigenvalue weighted by atomic mass is 10.1. The summed E-state index contributed by atoms with van der Waals surface area (Å²) in [4.78, 5) is 16.2. The molecule has 0 amide bonds. The van der Waals surface area contributed by atoms with Gasteiger partial charge < -0.3 is 4.42 Å². The molecular formula is C16H13N3O2S. The van der Waals surface area contributed by atoms with Gasteiger partial charge in [0.05, 0.1) is 5.75 Å². The molecule has 0 saturated carbocycles. The lowest BCUT2D eigenvalue weighted by Crippen LogP contribution is -2.02. The van der Waals surface area contributed by atoms with Crippen molar-refractivity contribution in [2.24, 2.45) is 0 Å². The van der Waals surface area contributed by atoms with Gasteiger partial charge in [0.15, 0.2) is 5.78 Å². The van der Waals surface area contributed by atoms with Crippen LogP contribution in [0.25, 0.3) is 11.6 Å². The summed E-state index contributed by atoms with van der Waals surface area (Å²) < 4.78 is 5.50. The average molecular weight is 311 g/mol. The van der Waals surface area contributed by atoms with Gasteiger partial charge in [-0.1, -0.05) is 47.7 Å². The zero-order valence-electron chi connectivity index (χ0n) is 11.9. The van der Waals surface area contributed by atoms with Crippen molar-refractivity contribution < 1.29 is 9.21 Å². The van der Waals surface area contributed by atoms with E-state index >= 15 is 0 Å². The Hall–Kier alpha value is -2.47. The first kappa shape index (κ1) is 14.5. The van der Waals surface area contributed by atoms with Gasteiger partial charge in [-0.05, 0) is 19.1 Å². The van der Waals surface area contributed by atoms with Crippen LogP contribution in [0.3, 0.4) is 0 Å². The molecule has 110 valence electrons. The first-order valence-electron chi connectivity index (χ1n) is 6.70. The molecule has 0 spiro atoms. The first-order valence-corrected chi connectivity index (χ1v) is 7.68. The summed E-state index contributed by atoms with van der Waals surface area (Å²) in [5.74, 6) is 0.640. The highest BCUT2D eigenvalue weighted by Gasteiger charge is 2.12. The van der Waals surface area contributed by atoms with E-state index in [0.29, 0.717) is 22.4 Å². The third-order valence-corrected chi connectivity index (χ3v) is 3.81. The Labute approximate surface area is 131 Å². The number of thioether (sulfide) groups is 1. The van der Waals surface area contributed by atoms with Crippen LogP contribution in [0.5, 0.6) is 0 Å². The van der Waals surface area contributed by atoms with Crippen LogP contribution in [-0.2, 0) is 0 Å². The number of aromatic nitrogens is 3. The predicted molar refractivity (Wildman–Crippen MR) is 83.8 cm³/mol. The molecule has 0 atom stereocenters. The molecule has 6 heteroatoms. The SMILES string of the molecule is Cc1ccc(C(=O)CSc2nnc(-c3ccccn3)o2)cc1. The van der Waals surface area contributed by atoms with Crippen LogP contribution in [0.15, 0.2) is 58.3 Å². The maximum Gasteiger partial charge on any atom is 0.277 e. The molecule has 3 aromatic rings. The van der Waals surface area contributed by atoms with E-state index in [1.807, 2.05) is 43.3 Å². The zero-order chi connectivity index (χ0) is 15.4. The number of benzene rings is 1. The number of hydrogen-bond acceptors (Lipinski definition) is 6. The van der Waals surface area contributed by atoms with Crippen LogP contribution >= 0.6 is 11.8 Å². The number of carbonyl (C=O) groups excluding carboxylic acids is 1. The van der Waals surface area contributed by atoms with Gasteiger partial charge in [-0.25, -0.2) is 0 Å². The lowest BCUT2D eigenvalue weighted by Gasteiger charge is -1.99. The molecule has 0 aliphatic rings. The van der Waals surface area contributed by atoms with Gasteiger partial charge in [0.2, 0.25) is 0 Å². The van der Waals surface area contributed by atoms with Gasteiger partial charge in [-0.3, -0.25) is 9.78 Å². The quantitative estimate of drug-likeness (QED) is 0.531. The number of nitrogens with zero attached hydrogens (tertiary/aromatic N) is 3. The van der Waals surface area contributed by atoms with Crippen LogP contribution in [0, 0.1) is 6.92 Å². The molecule has 3 rings (SSSR count). The molecule has 0 N–H and O–H groups in total. The minimum Gasteiger partial charge on any atom is -0.410 e. The molecule has 1 aromatic carbocycles. The van der Waals surface area contributed by atoms with E-state index in [1.54, 1.807) is 12.3 Å². The summed E-state index contributed by atoms with van der Waals surface area (Å²) in [6.07, 6.45) is 1.66. The Morgan fingerprint density at radius 1 is 1.14 bits per heavy atom. The largest absolute Gasteiger partial charge is 0.410 e. The van der Waals surface area contributed by atoms with Crippen LogP contribution in [0.1, 0.15) is 15.9 Å². The van der Waals surface area contributed by atoms with Gasteiger partial charge in [0, 0.05) is 11.8 Å². The molecule has 0 saturated heterocycles. The first-order chi connectivity index (χ1) is 10.7. The Bertz CT molecular complexity index is 770. The van der Waals surface area contributed by atoms with Gasteiger partial charge in [0.25, 0.3) is 11.1 Å². The summed E-state index contributed by atoms with van der Waals surface area (Å²) in [7, 11) is 0. The molecule has 22 heavy (non-hydrogen) atoms. The Kier molecular flexibility index (Phi) is 4.29. The minimum absolute atomic E-state index is 0.0302. The predicted octanol–water partition coefficient (Wildman–Crippen LogP) is 3.42. The molecule has 0 aliphatic carbocycles. The van der Waals surface area contributed by atoms with E-state index in [1.165, 1.54) is 11.8 Å². The summed E-state index contributed by atoms with van der Waals surface area (Å²) in [6, 6.07) is 12.9. The van der Waals surface area contributed by atoms with Crippen molar-refractivity contribution in [3.8, 4) is 11.6 Å². The molecule has 0 aliphatic heterocycles. The molecule has 0 bridgehead atoms. The summed E-state index contributed by atoms with van der Waals surface area (Å²) in [5, 5.41) is 8.23. The Morgan fingerprint density at radius 2 is 1.95 bits per heavy atom. The third-order valence-electron chi connectivity index (χ3n) is 2.99. The average Bonchev–Trinajstić information content (AvgIpc) is 3.03. The van der Waals surface area contributed by atoms with Gasteiger partial charge in [0.1, 0.15) is 5.69 Å². The molecule has 2 heterocycles. The second kappa shape index (κ2) is 6.53. The molecule has 0 radical (unpaired) electrons. The van der Waals surface area contributed by atoms with E-state index in [0.717, 1.165) is 5.56 Å². The molecule has 5 nitrogen and oxygen atoms in total. The maximum atomic E-state index is 12.1. The normalized spacial score (nSPS) is 10.6. The van der Waals surface area contributed by atoms with Crippen LogP contribution in [0.4, 0.5) is 0 Å². The van der Waals surface area contributed by atoms with Crippen LogP contribution < -0.4 is 0 Å². The highest BCUT2D eigenvalue weighted by molar-refractivity contribution is 7.99. The highest BCUT2D eigenvalue weighted by Crippen LogP contribution is 2.22. The number of hydrogen-bond donors (Lipinski definition) is 0. The van der Waals surface area contributed by atoms with Crippen molar-refractivity contribution in [2.75, 3.05) is 5.75 Å². The zero-order valence-corrected chi connectivity index (χ0v) is 12.7. The van der Waals surface area contributed by atoms with Crippen LogP contribution in [-0.4, -0.2) is 26.7 Å². The van der Waals surface area contributed by atoms with Crippen molar-refractivity contribution in [3.05, 3.63) is 59.8 Å². The van der Waals surface area contributed by atoms with E-state index in [9.17, 15) is 4.79 Å². The smallest absolute Gasteiger partial charge is 0.277 e. The second-order valence-corrected chi connectivity index (χ2v) is 5.59. The number of rotatable bonds is 5. The second-order valence-electron chi connectivity index (χ2n) is 4.67. The number of ketones is 1. The van der Waals surface area contributed by atoms with E-state index < -0.39 is 0 Å². The fourth-order valence-electron chi connectivity index (χ4n) is 1.81. The van der Waals surface area contributed by atoms with Crippen molar-refractivity contribution in [1.82, 2.24) is 15.2 Å². The topological polar surface area (TPSA) is 68.9 Å². The number of aryl methyl sites for hydroxylation is 1. The van der Waals surface area contributed by atoms with Crippen LogP contribution in [0.2, 0.25) is 0 Å². The van der Waals surface area contributed by atoms with E-state index in [2.05, 4.69) is 15.2 Å². The summed E-state index contributed by atoms with van der Waals surface area (Å²) >= 11 is 1.23. The molecular weight excluding hydrogens is 298 g/mol. The van der Waals surface area contributed by atoms with E-state index in [4.69, 9.17) is 4.42 Å². The van der Waals surface area contributed by atoms with Gasteiger partial charge >= 0.3 is 0 Å². The fourth-order valence-corrected chi connectivity index (χ4v) is 2.47. The number of pyridine rings is 1. The minimum atomic E-state index is 0.0302. The summed E-state index contributed by atoms with van der Waals surface area (Å²) in [5.41, 5.74) is 2.43. The Balaban J connectivity index is 1.64. The Morgan fingerprint density at radius 3 is 2.68 bits per heavy atom. The molecule has 0 unspecified atom stereocenters. The van der Waals surface area contributed by atoms with Crippen molar-refractivity contribution in [1.29, 1.82) is 0 Å². The monoisotopic (exact) mass is 311 g/mol. The fraction of sp³-hybridized carbons (Fsp3) is 0.125. The number of carbonyl (C=O) groups is 1. The van der Waals surface area contributed by atoms with Crippen molar-refractivity contribution in [2.45, 2.75) is 12.1 Å². The van der Waals surface area contributed by atoms with E-state index in [-0.39, 0.29) is 11.5 Å². The molecule has 0 fully saturated rings. The highest BCUT2D eigenvalue weighted by atomic mass is 32.2. The number of Topliss-reactive ketones (excluding diaryl/α,β-unsaturated/α-hetero) is 1. The lowest BCUT2D eigenvalue weighted by molar-refractivity contribution is 0.102. The maximum absolute atomic E-state index is 12.1. The van der Waals surface area contributed by atoms with Crippen molar-refractivity contribution in [3.63, 3.8) is 0 Å². The van der Waals surface area contributed by atoms with Gasteiger partial charge in [-0.15, -0.1) is 10.2 Å². The molecule has 2 aromatic heterocycles. The van der Waals surface area contributed by atoms with Gasteiger partial charge in [-0.2, -0.15) is 0 Å². The standard InChI is InChI=1S/C16H13N3O2S/c1-11-5-7-12(8-6-11)14(20)10-22-16-19-18-15(21-16)13-4-2-3-9-17-13/h2-9H,10H2,1H3. The third kappa shape index (κ3) is 3.40. The summed E-state index contributed by atoms with van der Waals surface area (Å²) in [6.45, 7) is 1.99. The van der Waals surface area contributed by atoms with Crippen molar-refractivity contribution >= 4 is 17.5 Å².